The Morgan fingerprint density at radius 3 is 2.55 bits per heavy atom. The Hall–Kier alpha value is -1.30. The molecule has 0 heterocycles. The Kier molecular flexibility index (Phi) is 6.26. The van der Waals surface area contributed by atoms with Crippen LogP contribution in [0.1, 0.15) is 44.2 Å². The average molecular weight is 293 g/mol. The number of rotatable bonds is 8. The SMILES string of the molecule is CCCCC[C@@H](N)c1cccc(OC(F)(F)C(F)F)c1. The lowest BCUT2D eigenvalue weighted by Gasteiger charge is -2.18. The molecular formula is C14H19F4NO. The van der Waals surface area contributed by atoms with E-state index in [4.69, 9.17) is 5.73 Å². The number of benzene rings is 1. The van der Waals surface area contributed by atoms with Crippen LogP contribution in [0.4, 0.5) is 17.6 Å². The largest absolute Gasteiger partial charge is 0.461 e. The first-order valence-corrected chi connectivity index (χ1v) is 6.57. The number of halogens is 4. The van der Waals surface area contributed by atoms with Crippen molar-refractivity contribution in [2.24, 2.45) is 5.73 Å². The molecule has 0 bridgehead atoms. The monoisotopic (exact) mass is 293 g/mol. The van der Waals surface area contributed by atoms with E-state index in [9.17, 15) is 17.6 Å². The standard InChI is InChI=1S/C14H19F4NO/c1-2-3-4-8-12(19)10-6-5-7-11(9-10)20-14(17,18)13(15)16/h5-7,9,12-13H,2-4,8,19H2,1H3/t12-/m1/s1. The maximum absolute atomic E-state index is 12.8. The molecule has 0 saturated carbocycles. The highest BCUT2D eigenvalue weighted by Crippen LogP contribution is 2.29. The number of ether oxygens (including phenoxy) is 1. The summed E-state index contributed by atoms with van der Waals surface area (Å²) in [7, 11) is 0. The summed E-state index contributed by atoms with van der Waals surface area (Å²) in [4.78, 5) is 0. The van der Waals surface area contributed by atoms with Crippen LogP contribution in [-0.2, 0) is 0 Å². The van der Waals surface area contributed by atoms with Crippen molar-refractivity contribution in [1.29, 1.82) is 0 Å². The van der Waals surface area contributed by atoms with Crippen LogP contribution in [0, 0.1) is 0 Å². The van der Waals surface area contributed by atoms with E-state index >= 15 is 0 Å². The normalized spacial score (nSPS) is 13.6. The second-order valence-electron chi connectivity index (χ2n) is 4.64. The number of hydrogen-bond donors (Lipinski definition) is 1. The molecule has 1 atom stereocenters. The first-order chi connectivity index (χ1) is 9.36. The van der Waals surface area contributed by atoms with Crippen LogP contribution < -0.4 is 10.5 Å². The van der Waals surface area contributed by atoms with Crippen LogP contribution in [0.15, 0.2) is 24.3 Å². The van der Waals surface area contributed by atoms with Gasteiger partial charge in [-0.25, -0.2) is 0 Å². The molecule has 0 amide bonds. The Morgan fingerprint density at radius 2 is 1.95 bits per heavy atom. The van der Waals surface area contributed by atoms with Crippen LogP contribution >= 0.6 is 0 Å². The molecule has 0 aliphatic carbocycles. The molecule has 0 saturated heterocycles. The van der Waals surface area contributed by atoms with Crippen LogP contribution in [0.25, 0.3) is 0 Å². The Balaban J connectivity index is 2.70. The van der Waals surface area contributed by atoms with E-state index in [0.29, 0.717) is 12.0 Å². The van der Waals surface area contributed by atoms with Crippen molar-refractivity contribution in [3.8, 4) is 5.75 Å². The van der Waals surface area contributed by atoms with E-state index in [1.807, 2.05) is 0 Å². The Bertz CT molecular complexity index is 412. The van der Waals surface area contributed by atoms with Gasteiger partial charge < -0.3 is 10.5 Å². The minimum absolute atomic E-state index is 0.307. The Labute approximate surface area is 115 Å². The molecule has 114 valence electrons. The minimum Gasteiger partial charge on any atom is -0.428 e. The zero-order chi connectivity index (χ0) is 15.2. The fourth-order valence-electron chi connectivity index (χ4n) is 1.79. The molecule has 0 unspecified atom stereocenters. The molecule has 0 aromatic heterocycles. The lowest BCUT2D eigenvalue weighted by atomic mass is 10.0. The third kappa shape index (κ3) is 5.00. The predicted octanol–water partition coefficient (Wildman–Crippen LogP) is 4.50. The third-order valence-electron chi connectivity index (χ3n) is 2.91. The molecule has 0 spiro atoms. The van der Waals surface area contributed by atoms with Crippen molar-refractivity contribution >= 4 is 0 Å². The van der Waals surface area contributed by atoms with Crippen molar-refractivity contribution in [3.05, 3.63) is 29.8 Å². The van der Waals surface area contributed by atoms with Crippen LogP contribution in [0.3, 0.4) is 0 Å². The maximum atomic E-state index is 12.8. The van der Waals surface area contributed by atoms with Gasteiger partial charge >= 0.3 is 12.5 Å². The zero-order valence-electron chi connectivity index (χ0n) is 11.3. The zero-order valence-corrected chi connectivity index (χ0v) is 11.3. The number of hydrogen-bond acceptors (Lipinski definition) is 2. The molecule has 2 nitrogen and oxygen atoms in total. The third-order valence-corrected chi connectivity index (χ3v) is 2.91. The fraction of sp³-hybridized carbons (Fsp3) is 0.571. The second-order valence-corrected chi connectivity index (χ2v) is 4.64. The minimum atomic E-state index is -4.50. The van der Waals surface area contributed by atoms with Crippen molar-refractivity contribution in [3.63, 3.8) is 0 Å². The van der Waals surface area contributed by atoms with Gasteiger partial charge in [0.25, 0.3) is 0 Å². The van der Waals surface area contributed by atoms with E-state index in [0.717, 1.165) is 19.3 Å². The van der Waals surface area contributed by atoms with Gasteiger partial charge in [0.15, 0.2) is 0 Å². The smallest absolute Gasteiger partial charge is 0.428 e. The number of alkyl halides is 4. The van der Waals surface area contributed by atoms with E-state index < -0.39 is 12.5 Å². The van der Waals surface area contributed by atoms with Crippen molar-refractivity contribution in [1.82, 2.24) is 0 Å². The predicted molar refractivity (Wildman–Crippen MR) is 69.1 cm³/mol. The van der Waals surface area contributed by atoms with Gasteiger partial charge in [-0.2, -0.15) is 17.6 Å². The van der Waals surface area contributed by atoms with Crippen LogP contribution in [-0.4, -0.2) is 12.5 Å². The van der Waals surface area contributed by atoms with Crippen LogP contribution in [0.5, 0.6) is 5.75 Å². The van der Waals surface area contributed by atoms with Crippen LogP contribution in [0.2, 0.25) is 0 Å². The molecule has 0 aliphatic heterocycles. The molecule has 1 aromatic carbocycles. The van der Waals surface area contributed by atoms with Crippen molar-refractivity contribution in [2.75, 3.05) is 0 Å². The molecule has 2 N–H and O–H groups in total. The molecule has 0 radical (unpaired) electrons. The lowest BCUT2D eigenvalue weighted by Crippen LogP contribution is -2.33. The van der Waals surface area contributed by atoms with E-state index in [1.54, 1.807) is 6.07 Å². The maximum Gasteiger partial charge on any atom is 0.461 e. The van der Waals surface area contributed by atoms with Gasteiger partial charge in [0.2, 0.25) is 0 Å². The first-order valence-electron chi connectivity index (χ1n) is 6.57. The van der Waals surface area contributed by atoms with Gasteiger partial charge in [-0.05, 0) is 24.1 Å². The summed E-state index contributed by atoms with van der Waals surface area (Å²) in [6.07, 6.45) is -4.64. The molecule has 1 rings (SSSR count). The summed E-state index contributed by atoms with van der Waals surface area (Å²) >= 11 is 0. The van der Waals surface area contributed by atoms with Gasteiger partial charge in [-0.3, -0.25) is 0 Å². The average Bonchev–Trinajstić information content (AvgIpc) is 2.38. The molecular weight excluding hydrogens is 274 g/mol. The molecule has 0 aliphatic rings. The van der Waals surface area contributed by atoms with Gasteiger partial charge in [-0.1, -0.05) is 38.3 Å². The first kappa shape index (κ1) is 16.8. The van der Waals surface area contributed by atoms with E-state index in [-0.39, 0.29) is 11.8 Å². The van der Waals surface area contributed by atoms with Gasteiger partial charge in [0, 0.05) is 6.04 Å². The quantitative estimate of drug-likeness (QED) is 0.565. The fourth-order valence-corrected chi connectivity index (χ4v) is 1.79. The molecule has 0 fully saturated rings. The number of unbranched alkanes of at least 4 members (excludes halogenated alkanes) is 2. The van der Waals surface area contributed by atoms with Gasteiger partial charge in [0.05, 0.1) is 0 Å². The summed E-state index contributed by atoms with van der Waals surface area (Å²) < 4.78 is 53.8. The lowest BCUT2D eigenvalue weighted by molar-refractivity contribution is -0.253. The van der Waals surface area contributed by atoms with E-state index in [1.165, 1.54) is 18.2 Å². The highest BCUT2D eigenvalue weighted by Gasteiger charge is 2.43. The highest BCUT2D eigenvalue weighted by molar-refractivity contribution is 5.30. The van der Waals surface area contributed by atoms with Gasteiger partial charge in [-0.15, -0.1) is 0 Å². The van der Waals surface area contributed by atoms with Gasteiger partial charge in [0.1, 0.15) is 5.75 Å². The summed E-state index contributed by atoms with van der Waals surface area (Å²) in [5.74, 6) is -0.307. The summed E-state index contributed by atoms with van der Waals surface area (Å²) in [5, 5.41) is 0. The highest BCUT2D eigenvalue weighted by atomic mass is 19.3. The van der Waals surface area contributed by atoms with E-state index in [2.05, 4.69) is 11.7 Å². The molecule has 1 aromatic rings. The van der Waals surface area contributed by atoms with Crippen molar-refractivity contribution in [2.45, 2.75) is 51.2 Å². The second kappa shape index (κ2) is 7.47. The molecule has 20 heavy (non-hydrogen) atoms. The summed E-state index contributed by atoms with van der Waals surface area (Å²) in [6, 6.07) is 5.31. The Morgan fingerprint density at radius 1 is 1.25 bits per heavy atom. The van der Waals surface area contributed by atoms with Crippen molar-refractivity contribution < 1.29 is 22.3 Å². The summed E-state index contributed by atoms with van der Waals surface area (Å²) in [6.45, 7) is 2.06. The number of nitrogens with two attached hydrogens (primary N) is 1. The topological polar surface area (TPSA) is 35.2 Å². The molecule has 6 heteroatoms. The summed E-state index contributed by atoms with van der Waals surface area (Å²) in [5.41, 5.74) is 6.54.